The van der Waals surface area contributed by atoms with Crippen molar-refractivity contribution in [3.63, 3.8) is 0 Å². The topological polar surface area (TPSA) is 55.1 Å². The van der Waals surface area contributed by atoms with Crippen molar-refractivity contribution in [1.82, 2.24) is 9.78 Å². The molecule has 1 aromatic heterocycles. The molecule has 0 amide bonds. The number of halogens is 1. The number of carboxylic acids is 1. The highest BCUT2D eigenvalue weighted by atomic mass is 35.5. The van der Waals surface area contributed by atoms with Gasteiger partial charge in [-0.05, 0) is 20.8 Å². The minimum Gasteiger partial charge on any atom is -0.481 e. The third kappa shape index (κ3) is 2.52. The van der Waals surface area contributed by atoms with Gasteiger partial charge in [-0.3, -0.25) is 9.48 Å². The summed E-state index contributed by atoms with van der Waals surface area (Å²) in [6.07, 6.45) is 1.73. The maximum Gasteiger partial charge on any atom is 0.313 e. The van der Waals surface area contributed by atoms with Gasteiger partial charge in [-0.1, -0.05) is 17.7 Å². The van der Waals surface area contributed by atoms with Crippen LogP contribution in [0.1, 0.15) is 25.2 Å². The van der Waals surface area contributed by atoms with E-state index in [-0.39, 0.29) is 0 Å². The van der Waals surface area contributed by atoms with Gasteiger partial charge < -0.3 is 5.11 Å². The van der Waals surface area contributed by atoms with E-state index in [1.54, 1.807) is 11.6 Å². The molecule has 1 aromatic rings. The molecule has 1 atom stereocenters. The highest BCUT2D eigenvalue weighted by molar-refractivity contribution is 6.31. The van der Waals surface area contributed by atoms with Gasteiger partial charge in [0.2, 0.25) is 0 Å². The summed E-state index contributed by atoms with van der Waals surface area (Å²) >= 11 is 6.15. The number of carboxylic acid groups (broad SMARTS) is 1. The molecule has 0 saturated carbocycles. The molecule has 0 spiro atoms. The fourth-order valence-corrected chi connectivity index (χ4v) is 1.82. The summed E-state index contributed by atoms with van der Waals surface area (Å²) < 4.78 is 1.74. The summed E-state index contributed by atoms with van der Waals surface area (Å²) in [6, 6.07) is 0. The Bertz CT molecular complexity index is 454. The zero-order chi connectivity index (χ0) is 13.2. The van der Waals surface area contributed by atoms with Gasteiger partial charge in [0.1, 0.15) is 0 Å². The number of nitrogens with zero attached hydrogens (tertiary/aromatic N) is 2. The summed E-state index contributed by atoms with van der Waals surface area (Å²) in [4.78, 5) is 11.2. The molecule has 1 N–H and O–H groups in total. The van der Waals surface area contributed by atoms with Gasteiger partial charge in [0.05, 0.1) is 21.8 Å². The lowest BCUT2D eigenvalue weighted by molar-refractivity contribution is -0.145. The quantitative estimate of drug-likeness (QED) is 0.824. The highest BCUT2D eigenvalue weighted by Gasteiger charge is 2.32. The first-order valence-electron chi connectivity index (χ1n) is 5.44. The Hall–Kier alpha value is -1.29. The van der Waals surface area contributed by atoms with Crippen LogP contribution in [-0.2, 0) is 17.8 Å². The SMILES string of the molecule is C=CC(C)(Cc1c(Cl)c(C)nn1CC)C(=O)O. The molecule has 0 aliphatic rings. The molecule has 0 fully saturated rings. The maximum atomic E-state index is 11.2. The zero-order valence-electron chi connectivity index (χ0n) is 10.3. The van der Waals surface area contributed by atoms with Crippen LogP contribution in [0.15, 0.2) is 12.7 Å². The van der Waals surface area contributed by atoms with E-state index >= 15 is 0 Å². The minimum atomic E-state index is -1.02. The van der Waals surface area contributed by atoms with Gasteiger partial charge in [-0.25, -0.2) is 0 Å². The number of rotatable bonds is 5. The van der Waals surface area contributed by atoms with E-state index in [9.17, 15) is 9.90 Å². The molecule has 0 bridgehead atoms. The maximum absolute atomic E-state index is 11.2. The third-order valence-corrected chi connectivity index (χ3v) is 3.42. The van der Waals surface area contributed by atoms with Crippen molar-refractivity contribution < 1.29 is 9.90 Å². The van der Waals surface area contributed by atoms with Gasteiger partial charge in [-0.15, -0.1) is 6.58 Å². The van der Waals surface area contributed by atoms with Crippen LogP contribution in [0.2, 0.25) is 5.02 Å². The Morgan fingerprint density at radius 1 is 1.71 bits per heavy atom. The van der Waals surface area contributed by atoms with Crippen molar-refractivity contribution in [3.05, 3.63) is 29.1 Å². The van der Waals surface area contributed by atoms with Crippen LogP contribution in [0.4, 0.5) is 0 Å². The van der Waals surface area contributed by atoms with Gasteiger partial charge >= 0.3 is 5.97 Å². The Balaban J connectivity index is 3.18. The number of aromatic nitrogens is 2. The Morgan fingerprint density at radius 2 is 2.29 bits per heavy atom. The molecular weight excluding hydrogens is 240 g/mol. The molecule has 1 rings (SSSR count). The van der Waals surface area contributed by atoms with Crippen LogP contribution >= 0.6 is 11.6 Å². The Morgan fingerprint density at radius 3 is 2.71 bits per heavy atom. The lowest BCUT2D eigenvalue weighted by Gasteiger charge is -2.20. The Labute approximate surface area is 106 Å². The van der Waals surface area contributed by atoms with Crippen LogP contribution < -0.4 is 0 Å². The van der Waals surface area contributed by atoms with E-state index in [1.165, 1.54) is 6.08 Å². The summed E-state index contributed by atoms with van der Waals surface area (Å²) in [7, 11) is 0. The normalized spacial score (nSPS) is 14.4. The van der Waals surface area contributed by atoms with Crippen LogP contribution in [-0.4, -0.2) is 20.9 Å². The average molecular weight is 257 g/mol. The molecule has 1 unspecified atom stereocenters. The van der Waals surface area contributed by atoms with E-state index in [2.05, 4.69) is 11.7 Å². The van der Waals surface area contributed by atoms with E-state index in [0.29, 0.717) is 18.0 Å². The fourth-order valence-electron chi connectivity index (χ4n) is 1.62. The Kier molecular flexibility index (Phi) is 3.98. The number of hydrogen-bond donors (Lipinski definition) is 1. The van der Waals surface area contributed by atoms with Crippen molar-refractivity contribution in [1.29, 1.82) is 0 Å². The van der Waals surface area contributed by atoms with Crippen molar-refractivity contribution in [3.8, 4) is 0 Å². The molecule has 4 nitrogen and oxygen atoms in total. The molecule has 0 radical (unpaired) electrons. The summed E-state index contributed by atoms with van der Waals surface area (Å²) in [5.41, 5.74) is 0.444. The molecule has 0 aromatic carbocycles. The number of aryl methyl sites for hydroxylation is 2. The van der Waals surface area contributed by atoms with Gasteiger partial charge in [0, 0.05) is 13.0 Å². The lowest BCUT2D eigenvalue weighted by atomic mass is 9.85. The lowest BCUT2D eigenvalue weighted by Crippen LogP contribution is -2.28. The molecule has 5 heteroatoms. The first-order chi connectivity index (χ1) is 7.85. The van der Waals surface area contributed by atoms with Crippen molar-refractivity contribution >= 4 is 17.6 Å². The van der Waals surface area contributed by atoms with Crippen molar-refractivity contribution in [2.75, 3.05) is 0 Å². The standard InChI is InChI=1S/C12H17ClN2O2/c1-5-12(4,11(16)17)7-9-10(13)8(3)14-15(9)6-2/h5H,1,6-7H2,2-4H3,(H,16,17). The highest BCUT2D eigenvalue weighted by Crippen LogP contribution is 2.29. The van der Waals surface area contributed by atoms with Crippen LogP contribution in [0.25, 0.3) is 0 Å². The third-order valence-electron chi connectivity index (χ3n) is 2.93. The number of hydrogen-bond acceptors (Lipinski definition) is 2. The number of carbonyl (C=O) groups is 1. The molecule has 17 heavy (non-hydrogen) atoms. The van der Waals surface area contributed by atoms with E-state index < -0.39 is 11.4 Å². The molecule has 0 aliphatic heterocycles. The van der Waals surface area contributed by atoms with Crippen LogP contribution in [0, 0.1) is 12.3 Å². The first-order valence-corrected chi connectivity index (χ1v) is 5.82. The smallest absolute Gasteiger partial charge is 0.313 e. The first kappa shape index (κ1) is 13.8. The monoisotopic (exact) mass is 256 g/mol. The number of aliphatic carboxylic acids is 1. The minimum absolute atomic E-state index is 0.291. The van der Waals surface area contributed by atoms with Gasteiger partial charge in [0.25, 0.3) is 0 Å². The summed E-state index contributed by atoms with van der Waals surface area (Å²) in [5, 5.41) is 14.0. The molecule has 0 aliphatic carbocycles. The average Bonchev–Trinajstić information content (AvgIpc) is 2.56. The van der Waals surface area contributed by atoms with E-state index in [1.807, 2.05) is 13.8 Å². The van der Waals surface area contributed by atoms with Gasteiger partial charge in [-0.2, -0.15) is 5.10 Å². The zero-order valence-corrected chi connectivity index (χ0v) is 11.1. The predicted octanol–water partition coefficient (Wildman–Crippen LogP) is 2.68. The molecule has 94 valence electrons. The van der Waals surface area contributed by atoms with E-state index in [0.717, 1.165) is 11.4 Å². The second-order valence-electron chi connectivity index (χ2n) is 4.27. The second kappa shape index (κ2) is 4.92. The molecule has 1 heterocycles. The summed E-state index contributed by atoms with van der Waals surface area (Å²) in [5.74, 6) is -0.912. The van der Waals surface area contributed by atoms with Gasteiger partial charge in [0.15, 0.2) is 0 Å². The van der Waals surface area contributed by atoms with E-state index in [4.69, 9.17) is 11.6 Å². The predicted molar refractivity (Wildman–Crippen MR) is 67.3 cm³/mol. The second-order valence-corrected chi connectivity index (χ2v) is 4.64. The summed E-state index contributed by atoms with van der Waals surface area (Å²) in [6.45, 7) is 9.63. The van der Waals surface area contributed by atoms with Crippen LogP contribution in [0.5, 0.6) is 0 Å². The van der Waals surface area contributed by atoms with Crippen molar-refractivity contribution in [2.45, 2.75) is 33.7 Å². The van der Waals surface area contributed by atoms with Crippen molar-refractivity contribution in [2.24, 2.45) is 5.41 Å². The van der Waals surface area contributed by atoms with Crippen LogP contribution in [0.3, 0.4) is 0 Å². The fraction of sp³-hybridized carbons (Fsp3) is 0.500. The molecule has 0 saturated heterocycles. The molecular formula is C12H17ClN2O2. The largest absolute Gasteiger partial charge is 0.481 e.